The summed E-state index contributed by atoms with van der Waals surface area (Å²) in [5.41, 5.74) is 3.96. The van der Waals surface area contributed by atoms with Crippen molar-refractivity contribution in [2.75, 3.05) is 32.2 Å². The lowest BCUT2D eigenvalue weighted by molar-refractivity contribution is 0.0649. The highest BCUT2D eigenvalue weighted by atomic mass is 32.2. The quantitative estimate of drug-likeness (QED) is 0.340. The first-order valence-electron chi connectivity index (χ1n) is 10.7. The fourth-order valence-electron chi connectivity index (χ4n) is 3.20. The van der Waals surface area contributed by atoms with E-state index in [2.05, 4.69) is 12.1 Å². The van der Waals surface area contributed by atoms with Gasteiger partial charge < -0.3 is 14.7 Å². The largest absolute Gasteiger partial charge is 0.491 e. The second-order valence-electron chi connectivity index (χ2n) is 8.11. The molecule has 34 heavy (non-hydrogen) atoms. The van der Waals surface area contributed by atoms with E-state index in [0.717, 1.165) is 32.0 Å². The van der Waals surface area contributed by atoms with Crippen LogP contribution in [-0.2, 0) is 14.3 Å². The zero-order valence-corrected chi connectivity index (χ0v) is 20.8. The number of ether oxygens (including phenoxy) is 1. The molecule has 0 amide bonds. The Bertz CT molecular complexity index is 1360. The molecular formula is C25H26N2O5S2. The molecular weight excluding hydrogens is 472 g/mol. The Balaban J connectivity index is 1.36. The molecule has 1 N–H and O–H groups in total. The number of aromatic nitrogens is 1. The highest BCUT2D eigenvalue weighted by Crippen LogP contribution is 2.33. The van der Waals surface area contributed by atoms with Crippen molar-refractivity contribution in [1.82, 2.24) is 4.98 Å². The minimum Gasteiger partial charge on any atom is -0.491 e. The molecule has 9 heteroatoms. The molecule has 0 aliphatic heterocycles. The maximum Gasteiger partial charge on any atom is 0.297 e. The molecule has 178 valence electrons. The van der Waals surface area contributed by atoms with Crippen molar-refractivity contribution in [3.8, 4) is 16.3 Å². The van der Waals surface area contributed by atoms with E-state index in [0.29, 0.717) is 5.75 Å². The van der Waals surface area contributed by atoms with Crippen molar-refractivity contribution in [1.29, 1.82) is 0 Å². The molecule has 0 unspecified atom stereocenters. The Labute approximate surface area is 203 Å². The molecule has 0 bridgehead atoms. The Morgan fingerprint density at radius 3 is 2.38 bits per heavy atom. The molecule has 7 nitrogen and oxygen atoms in total. The molecule has 0 saturated heterocycles. The van der Waals surface area contributed by atoms with Crippen LogP contribution in [0.3, 0.4) is 0 Å². The average molecular weight is 499 g/mol. The van der Waals surface area contributed by atoms with E-state index in [9.17, 15) is 13.5 Å². The molecule has 0 saturated carbocycles. The topological polar surface area (TPSA) is 89.0 Å². The summed E-state index contributed by atoms with van der Waals surface area (Å²) in [5, 5.41) is 11.1. The second-order valence-corrected chi connectivity index (χ2v) is 10.8. The number of aliphatic hydroxyl groups is 1. The Kier molecular flexibility index (Phi) is 7.18. The van der Waals surface area contributed by atoms with Gasteiger partial charge in [-0.05, 0) is 61.5 Å². The number of thiazole rings is 1. The van der Waals surface area contributed by atoms with E-state index < -0.39 is 22.8 Å². The highest BCUT2D eigenvalue weighted by molar-refractivity contribution is 7.86. The van der Waals surface area contributed by atoms with Crippen LogP contribution in [0.5, 0.6) is 5.75 Å². The molecule has 4 aromatic rings. The summed E-state index contributed by atoms with van der Waals surface area (Å²) in [7, 11) is 0.0606. The fraction of sp³-hybridized carbons (Fsp3) is 0.240. The summed E-state index contributed by atoms with van der Waals surface area (Å²) < 4.78 is 36.1. The van der Waals surface area contributed by atoms with Gasteiger partial charge in [0.2, 0.25) is 0 Å². The average Bonchev–Trinajstić information content (AvgIpc) is 3.25. The third-order valence-electron chi connectivity index (χ3n) is 5.16. The zero-order valence-electron chi connectivity index (χ0n) is 19.1. The molecule has 0 spiro atoms. The van der Waals surface area contributed by atoms with Crippen LogP contribution in [0, 0.1) is 6.92 Å². The third-order valence-corrected chi connectivity index (χ3v) is 7.52. The number of aryl methyl sites for hydroxylation is 1. The predicted octanol–water partition coefficient (Wildman–Crippen LogP) is 4.48. The van der Waals surface area contributed by atoms with E-state index in [4.69, 9.17) is 13.9 Å². The summed E-state index contributed by atoms with van der Waals surface area (Å²) in [6.07, 6.45) is -1.11. The highest BCUT2D eigenvalue weighted by Gasteiger charge is 2.18. The third kappa shape index (κ3) is 5.74. The number of aliphatic hydroxyl groups excluding tert-OH is 1. The van der Waals surface area contributed by atoms with E-state index in [1.807, 2.05) is 50.2 Å². The van der Waals surface area contributed by atoms with E-state index in [-0.39, 0.29) is 11.5 Å². The van der Waals surface area contributed by atoms with Crippen LogP contribution < -0.4 is 9.64 Å². The summed E-state index contributed by atoms with van der Waals surface area (Å²) in [6, 6.07) is 20.0. The van der Waals surface area contributed by atoms with Crippen LogP contribution in [0.2, 0.25) is 0 Å². The van der Waals surface area contributed by atoms with E-state index in [1.54, 1.807) is 29.5 Å². The molecule has 4 rings (SSSR count). The van der Waals surface area contributed by atoms with Crippen molar-refractivity contribution in [2.45, 2.75) is 17.9 Å². The first kappa shape index (κ1) is 24.2. The molecule has 3 aromatic carbocycles. The van der Waals surface area contributed by atoms with Gasteiger partial charge in [0.1, 0.15) is 23.5 Å². The van der Waals surface area contributed by atoms with Crippen molar-refractivity contribution in [3.05, 3.63) is 72.3 Å². The molecule has 0 aliphatic carbocycles. The molecule has 0 aliphatic rings. The molecule has 1 aromatic heterocycles. The number of hydrogen-bond acceptors (Lipinski definition) is 8. The first-order valence-corrected chi connectivity index (χ1v) is 12.9. The Morgan fingerprint density at radius 1 is 1.00 bits per heavy atom. The van der Waals surface area contributed by atoms with Crippen LogP contribution >= 0.6 is 11.3 Å². The van der Waals surface area contributed by atoms with Crippen LogP contribution in [0.15, 0.2) is 71.6 Å². The van der Waals surface area contributed by atoms with Gasteiger partial charge in [-0.25, -0.2) is 4.98 Å². The van der Waals surface area contributed by atoms with Gasteiger partial charge in [0.05, 0.1) is 21.7 Å². The van der Waals surface area contributed by atoms with Gasteiger partial charge in [-0.3, -0.25) is 4.18 Å². The van der Waals surface area contributed by atoms with Gasteiger partial charge in [0.15, 0.2) is 0 Å². The van der Waals surface area contributed by atoms with Gasteiger partial charge in [-0.1, -0.05) is 17.7 Å². The maximum atomic E-state index is 12.3. The maximum absolute atomic E-state index is 12.3. The Morgan fingerprint density at radius 2 is 1.71 bits per heavy atom. The standard InChI is InChI=1S/C25H26N2O5S2/c1-17-4-11-22(12-5-17)34(29,30)32-16-20(28)15-31-21-10-13-23-24(14-21)33-25(26-23)18-6-8-19(9-7-18)27(2)3/h4-14,20,28H,15-16H2,1-3H3/t20-/m0/s1. The van der Waals surface area contributed by atoms with E-state index in [1.165, 1.54) is 12.1 Å². The zero-order chi connectivity index (χ0) is 24.3. The van der Waals surface area contributed by atoms with Crippen LogP contribution in [0.4, 0.5) is 5.69 Å². The normalized spacial score (nSPS) is 12.6. The minimum absolute atomic E-state index is 0.0500. The van der Waals surface area contributed by atoms with Gasteiger partial charge in [-0.15, -0.1) is 11.3 Å². The molecule has 0 fully saturated rings. The van der Waals surface area contributed by atoms with Gasteiger partial charge in [0, 0.05) is 25.3 Å². The van der Waals surface area contributed by atoms with Crippen molar-refractivity contribution >= 4 is 37.4 Å². The van der Waals surface area contributed by atoms with Gasteiger partial charge in [0.25, 0.3) is 10.1 Å². The number of rotatable bonds is 9. The van der Waals surface area contributed by atoms with Gasteiger partial charge in [-0.2, -0.15) is 8.42 Å². The minimum atomic E-state index is -3.94. The SMILES string of the molecule is Cc1ccc(S(=O)(=O)OC[C@@H](O)COc2ccc3nc(-c4ccc(N(C)C)cc4)sc3c2)cc1. The number of benzene rings is 3. The molecule has 1 heterocycles. The van der Waals surface area contributed by atoms with Gasteiger partial charge >= 0.3 is 0 Å². The first-order chi connectivity index (χ1) is 16.2. The number of hydrogen-bond donors (Lipinski definition) is 1. The van der Waals surface area contributed by atoms with E-state index >= 15 is 0 Å². The monoisotopic (exact) mass is 498 g/mol. The smallest absolute Gasteiger partial charge is 0.297 e. The van der Waals surface area contributed by atoms with Crippen molar-refractivity contribution in [3.63, 3.8) is 0 Å². The predicted molar refractivity (Wildman–Crippen MR) is 135 cm³/mol. The summed E-state index contributed by atoms with van der Waals surface area (Å²) in [4.78, 5) is 6.79. The summed E-state index contributed by atoms with van der Waals surface area (Å²) in [5.74, 6) is 0.561. The number of nitrogens with zero attached hydrogens (tertiary/aromatic N) is 2. The molecule has 0 radical (unpaired) electrons. The Hall–Kier alpha value is -2.98. The second kappa shape index (κ2) is 10.1. The van der Waals surface area contributed by atoms with Crippen LogP contribution in [0.1, 0.15) is 5.56 Å². The lowest BCUT2D eigenvalue weighted by atomic mass is 10.2. The number of fused-ring (bicyclic) bond motifs is 1. The summed E-state index contributed by atoms with van der Waals surface area (Å²) in [6.45, 7) is 1.37. The van der Waals surface area contributed by atoms with Crippen LogP contribution in [0.25, 0.3) is 20.8 Å². The molecule has 1 atom stereocenters. The van der Waals surface area contributed by atoms with Crippen molar-refractivity contribution in [2.24, 2.45) is 0 Å². The lowest BCUT2D eigenvalue weighted by Gasteiger charge is -2.13. The lowest BCUT2D eigenvalue weighted by Crippen LogP contribution is -2.25. The number of anilines is 1. The van der Waals surface area contributed by atoms with Crippen molar-refractivity contribution < 1.29 is 22.4 Å². The fourth-order valence-corrected chi connectivity index (χ4v) is 5.14. The van der Waals surface area contributed by atoms with Crippen LogP contribution in [-0.4, -0.2) is 51.9 Å². The summed E-state index contributed by atoms with van der Waals surface area (Å²) >= 11 is 1.55.